The van der Waals surface area contributed by atoms with E-state index in [1.165, 1.54) is 77.7 Å². The van der Waals surface area contributed by atoms with Crippen molar-refractivity contribution in [2.45, 2.75) is 143 Å². The van der Waals surface area contributed by atoms with Gasteiger partial charge in [-0.25, -0.2) is 0 Å². The second-order valence-electron chi connectivity index (χ2n) is 18.3. The Morgan fingerprint density at radius 2 is 1.06 bits per heavy atom. The van der Waals surface area contributed by atoms with Gasteiger partial charge in [0.05, 0.1) is 32.0 Å². The van der Waals surface area contributed by atoms with E-state index in [-0.39, 0.29) is 18.0 Å². The monoisotopic (exact) mass is 872 g/mol. The van der Waals surface area contributed by atoms with Gasteiger partial charge in [0.15, 0.2) is 5.78 Å². The molecule has 4 unspecified atom stereocenters. The van der Waals surface area contributed by atoms with Gasteiger partial charge in [0.2, 0.25) is 0 Å². The average molecular weight is 872 g/mol. The molecule has 9 heteroatoms. The molecule has 3 aliphatic heterocycles. The fourth-order valence-corrected chi connectivity index (χ4v) is 8.66. The van der Waals surface area contributed by atoms with Crippen molar-refractivity contribution in [1.82, 2.24) is 14.7 Å². The summed E-state index contributed by atoms with van der Waals surface area (Å²) in [7, 11) is 0. The zero-order chi connectivity index (χ0) is 45.2. The molecule has 63 heavy (non-hydrogen) atoms. The van der Waals surface area contributed by atoms with E-state index in [0.717, 1.165) is 123 Å². The number of carbonyl (C=O) groups excluding carboxylic acids is 1. The Kier molecular flexibility index (Phi) is 24.7. The number of benzene rings is 3. The van der Waals surface area contributed by atoms with E-state index in [1.807, 2.05) is 93.6 Å². The lowest BCUT2D eigenvalue weighted by atomic mass is 9.99. The fraction of sp³-hybridized carbons (Fsp3) is 0.648. The van der Waals surface area contributed by atoms with Gasteiger partial charge in [-0.2, -0.15) is 0 Å². The molecule has 0 radical (unpaired) electrons. The first-order valence-electron chi connectivity index (χ1n) is 24.8. The summed E-state index contributed by atoms with van der Waals surface area (Å²) in [6.45, 7) is 24.7. The predicted octanol–water partition coefficient (Wildman–Crippen LogP) is 11.2. The summed E-state index contributed by atoms with van der Waals surface area (Å²) in [4.78, 5) is 19.2. The van der Waals surface area contributed by atoms with E-state index in [9.17, 15) is 15.0 Å². The number of ether oxygens (including phenoxy) is 3. The molecule has 3 aliphatic rings. The lowest BCUT2D eigenvalue weighted by Crippen LogP contribution is -2.38. The Balaban J connectivity index is 0.000000207. The Morgan fingerprint density at radius 1 is 0.571 bits per heavy atom. The molecule has 0 amide bonds. The topological polar surface area (TPSA) is 94.9 Å². The molecule has 3 aromatic carbocycles. The van der Waals surface area contributed by atoms with E-state index in [4.69, 9.17) is 14.2 Å². The predicted molar refractivity (Wildman–Crippen MR) is 259 cm³/mol. The van der Waals surface area contributed by atoms with Crippen LogP contribution in [0.1, 0.15) is 159 Å². The van der Waals surface area contributed by atoms with Crippen LogP contribution in [-0.2, 0) is 0 Å². The molecule has 0 spiro atoms. The molecule has 0 bridgehead atoms. The molecule has 3 aromatic rings. The van der Waals surface area contributed by atoms with Crippen molar-refractivity contribution in [2.75, 3.05) is 72.2 Å². The fourth-order valence-electron chi connectivity index (χ4n) is 8.66. The molecular formula is C54H85N3O6. The molecule has 0 aromatic heterocycles. The van der Waals surface area contributed by atoms with E-state index >= 15 is 0 Å². The number of ketones is 1. The maximum absolute atomic E-state index is 11.5. The average Bonchev–Trinajstić information content (AvgIpc) is 3.32. The van der Waals surface area contributed by atoms with Crippen molar-refractivity contribution in [1.29, 1.82) is 0 Å². The normalized spacial score (nSPS) is 19.7. The second-order valence-corrected chi connectivity index (χ2v) is 18.3. The number of piperidine rings is 3. The standard InChI is InChI=1S/2C18H29NO2.C18H27NO2/c1-3-18(20)16-5-7-17(8-6-16)21-14-4-11-19-12-9-15(2)10-13-19;1-3-18(20)16-7-9-17(10-8-16)21-13-5-12-19-11-4-6-15(2)14-19;1-3-18(20)16-8-10-17(11-9-16)21-14-6-13-19-12-5-4-7-15(19)2/h5-8,15,18,20H,3-4,9-14H2,1-2H3;7-10,15,18,20H,3-6,11-14H2,1-2H3;8-11,15H,3-7,12-14H2,1-2H3. The molecule has 352 valence electrons. The van der Waals surface area contributed by atoms with Gasteiger partial charge in [0.1, 0.15) is 17.2 Å². The first kappa shape index (κ1) is 52.2. The summed E-state index contributed by atoms with van der Waals surface area (Å²) in [5, 5.41) is 19.5. The highest BCUT2D eigenvalue weighted by atomic mass is 16.5. The maximum atomic E-state index is 11.5. The Labute approximate surface area is 382 Å². The van der Waals surface area contributed by atoms with Crippen LogP contribution in [-0.4, -0.2) is 109 Å². The molecule has 0 aliphatic carbocycles. The largest absolute Gasteiger partial charge is 0.494 e. The Bertz CT molecular complexity index is 1630. The van der Waals surface area contributed by atoms with Gasteiger partial charge in [-0.05, 0) is 175 Å². The van der Waals surface area contributed by atoms with Crippen LogP contribution in [0.3, 0.4) is 0 Å². The van der Waals surface area contributed by atoms with E-state index in [2.05, 4.69) is 35.5 Å². The molecule has 4 atom stereocenters. The summed E-state index contributed by atoms with van der Waals surface area (Å²) in [5.74, 6) is 4.57. The maximum Gasteiger partial charge on any atom is 0.162 e. The van der Waals surface area contributed by atoms with Crippen molar-refractivity contribution >= 4 is 5.78 Å². The van der Waals surface area contributed by atoms with Gasteiger partial charge in [-0.3, -0.25) is 4.79 Å². The lowest BCUT2D eigenvalue weighted by Gasteiger charge is -2.33. The molecular weight excluding hydrogens is 787 g/mol. The minimum absolute atomic E-state index is 0.181. The van der Waals surface area contributed by atoms with Crippen LogP contribution in [0.15, 0.2) is 72.8 Å². The number of aliphatic hydroxyl groups excluding tert-OH is 2. The molecule has 3 saturated heterocycles. The van der Waals surface area contributed by atoms with Crippen LogP contribution in [0.4, 0.5) is 0 Å². The van der Waals surface area contributed by atoms with Crippen LogP contribution >= 0.6 is 0 Å². The van der Waals surface area contributed by atoms with Crippen molar-refractivity contribution in [3.05, 3.63) is 89.5 Å². The number of carbonyl (C=O) groups is 1. The summed E-state index contributed by atoms with van der Waals surface area (Å²) >= 11 is 0. The van der Waals surface area contributed by atoms with Crippen LogP contribution in [0, 0.1) is 11.8 Å². The van der Waals surface area contributed by atoms with E-state index in [0.29, 0.717) is 6.42 Å². The van der Waals surface area contributed by atoms with E-state index in [1.54, 1.807) is 0 Å². The number of aliphatic hydroxyl groups is 2. The highest BCUT2D eigenvalue weighted by Gasteiger charge is 2.18. The number of likely N-dealkylation sites (tertiary alicyclic amines) is 3. The summed E-state index contributed by atoms with van der Waals surface area (Å²) in [6.07, 6.45) is 13.9. The van der Waals surface area contributed by atoms with Crippen molar-refractivity contribution in [2.24, 2.45) is 11.8 Å². The van der Waals surface area contributed by atoms with Crippen LogP contribution in [0.5, 0.6) is 17.2 Å². The van der Waals surface area contributed by atoms with Crippen molar-refractivity contribution in [3.8, 4) is 17.2 Å². The molecule has 0 saturated carbocycles. The number of hydrogen-bond donors (Lipinski definition) is 2. The van der Waals surface area contributed by atoms with Crippen LogP contribution in [0.2, 0.25) is 0 Å². The highest BCUT2D eigenvalue weighted by molar-refractivity contribution is 5.95. The SMILES string of the molecule is CCC(=O)c1ccc(OCCCN2CCCCC2C)cc1.CCC(O)c1ccc(OCCCN2CCC(C)CC2)cc1.CCC(O)c1ccc(OCCCN2CCCC(C)C2)cc1. The van der Waals surface area contributed by atoms with Gasteiger partial charge < -0.3 is 39.1 Å². The van der Waals surface area contributed by atoms with Crippen LogP contribution < -0.4 is 14.2 Å². The quantitative estimate of drug-likeness (QED) is 0.0801. The molecule has 3 fully saturated rings. The lowest BCUT2D eigenvalue weighted by molar-refractivity contribution is 0.0988. The minimum atomic E-state index is -0.361. The summed E-state index contributed by atoms with van der Waals surface area (Å²) in [6, 6.07) is 23.9. The van der Waals surface area contributed by atoms with Gasteiger partial charge >= 0.3 is 0 Å². The van der Waals surface area contributed by atoms with Gasteiger partial charge in [-0.15, -0.1) is 0 Å². The third kappa shape index (κ3) is 20.1. The molecule has 2 N–H and O–H groups in total. The summed E-state index contributed by atoms with van der Waals surface area (Å²) in [5.41, 5.74) is 2.70. The van der Waals surface area contributed by atoms with Gasteiger partial charge in [0, 0.05) is 44.2 Å². The van der Waals surface area contributed by atoms with Gasteiger partial charge in [0.25, 0.3) is 0 Å². The zero-order valence-corrected chi connectivity index (χ0v) is 40.2. The molecule has 9 nitrogen and oxygen atoms in total. The number of Topliss-reactive ketones (excluding diaryl/α,β-unsaturated/α-hetero) is 1. The third-order valence-electron chi connectivity index (χ3n) is 13.0. The molecule has 3 heterocycles. The Morgan fingerprint density at radius 3 is 1.54 bits per heavy atom. The smallest absolute Gasteiger partial charge is 0.162 e. The van der Waals surface area contributed by atoms with Crippen molar-refractivity contribution < 1.29 is 29.2 Å². The number of nitrogens with zero attached hydrogens (tertiary/aromatic N) is 3. The first-order chi connectivity index (χ1) is 30.6. The minimum Gasteiger partial charge on any atom is -0.494 e. The summed E-state index contributed by atoms with van der Waals surface area (Å²) < 4.78 is 17.3. The zero-order valence-electron chi connectivity index (χ0n) is 40.2. The number of hydrogen-bond acceptors (Lipinski definition) is 9. The second kappa shape index (κ2) is 29.9. The third-order valence-corrected chi connectivity index (χ3v) is 13.0. The first-order valence-corrected chi connectivity index (χ1v) is 24.8. The Hall–Kier alpha value is -3.47. The van der Waals surface area contributed by atoms with Crippen molar-refractivity contribution in [3.63, 3.8) is 0 Å². The van der Waals surface area contributed by atoms with Gasteiger partial charge in [-0.1, -0.05) is 65.3 Å². The molecule has 6 rings (SSSR count). The van der Waals surface area contributed by atoms with Crippen LogP contribution in [0.25, 0.3) is 0 Å². The highest BCUT2D eigenvalue weighted by Crippen LogP contribution is 2.23. The van der Waals surface area contributed by atoms with E-state index < -0.39 is 0 Å². The number of rotatable bonds is 21.